The van der Waals surface area contributed by atoms with Crippen LogP contribution in [-0.4, -0.2) is 50.6 Å². The molecule has 0 unspecified atom stereocenters. The maximum absolute atomic E-state index is 8.76. The summed E-state index contributed by atoms with van der Waals surface area (Å²) in [4.78, 5) is 1.34. The molecule has 0 amide bonds. The lowest BCUT2D eigenvalue weighted by Crippen LogP contribution is -2.46. The van der Waals surface area contributed by atoms with Crippen LogP contribution >= 0.6 is 11.3 Å². The topological polar surface area (TPSA) is 27.7 Å². The molecule has 1 fully saturated rings. The molecule has 0 aliphatic carbocycles. The summed E-state index contributed by atoms with van der Waals surface area (Å²) in [6.45, 7) is -10.6. The Balaban J connectivity index is 1.32. The number of anilines is 2. The van der Waals surface area contributed by atoms with Gasteiger partial charge in [0.2, 0.25) is 0 Å². The van der Waals surface area contributed by atoms with Crippen molar-refractivity contribution in [2.24, 2.45) is 0 Å². The van der Waals surface area contributed by atoms with Gasteiger partial charge in [-0.1, -0.05) is 18.2 Å². The first kappa shape index (κ1) is 12.4. The van der Waals surface area contributed by atoms with E-state index in [1.165, 1.54) is 17.4 Å². The molecule has 4 nitrogen and oxygen atoms in total. The van der Waals surface area contributed by atoms with E-state index in [0.717, 1.165) is 22.5 Å². The number of ether oxygens (including phenoxy) is 1. The molecule has 0 atom stereocenters. The maximum Gasteiger partial charge on any atom is 0.121 e. The molecule has 0 saturated carbocycles. The molecule has 1 N–H and O–H groups in total. The minimum atomic E-state index is -2.88. The monoisotopic (exact) mass is 427 g/mol. The van der Waals surface area contributed by atoms with Crippen LogP contribution in [0.1, 0.15) is 29.4 Å². The second kappa shape index (κ2) is 9.11. The van der Waals surface area contributed by atoms with Gasteiger partial charge in [0.1, 0.15) is 5.75 Å². The van der Waals surface area contributed by atoms with Crippen molar-refractivity contribution in [3.8, 4) is 5.75 Å². The van der Waals surface area contributed by atoms with Crippen LogP contribution in [0.2, 0.25) is 0 Å². The SMILES string of the molecule is [2H]C1([2H])N(CCCCOc2ccc3c(c2)NCC=C3)C([2H])([2H])C([2H])([2H])N(c2cccc3sccc23)C1([2H])[2H]. The van der Waals surface area contributed by atoms with Gasteiger partial charge in [0.15, 0.2) is 0 Å². The van der Waals surface area contributed by atoms with Crippen LogP contribution in [0, 0.1) is 0 Å². The quantitative estimate of drug-likeness (QED) is 0.516. The van der Waals surface area contributed by atoms with Gasteiger partial charge in [-0.3, -0.25) is 4.90 Å². The van der Waals surface area contributed by atoms with E-state index < -0.39 is 26.0 Å². The summed E-state index contributed by atoms with van der Waals surface area (Å²) in [7, 11) is 0. The minimum absolute atomic E-state index is 0.120. The summed E-state index contributed by atoms with van der Waals surface area (Å²) in [6.07, 6.45) is 4.82. The van der Waals surface area contributed by atoms with E-state index in [1.807, 2.05) is 36.4 Å². The lowest BCUT2D eigenvalue weighted by molar-refractivity contribution is 0.239. The number of benzene rings is 2. The average Bonchev–Trinajstić information content (AvgIpc) is 3.34. The molecule has 0 bridgehead atoms. The molecule has 2 aromatic carbocycles. The fraction of sp³-hybridized carbons (Fsp3) is 0.360. The predicted octanol–water partition coefficient (Wildman–Crippen LogP) is 5.32. The molecule has 2 aliphatic rings. The van der Waals surface area contributed by atoms with Crippen LogP contribution in [-0.2, 0) is 0 Å². The summed E-state index contributed by atoms with van der Waals surface area (Å²) in [5.74, 6) is 0.682. The van der Waals surface area contributed by atoms with Gasteiger partial charge < -0.3 is 15.0 Å². The van der Waals surface area contributed by atoms with E-state index in [0.29, 0.717) is 34.0 Å². The smallest absolute Gasteiger partial charge is 0.121 e. The molecule has 5 rings (SSSR count). The van der Waals surface area contributed by atoms with Crippen molar-refractivity contribution in [2.45, 2.75) is 12.8 Å². The molecule has 0 spiro atoms. The van der Waals surface area contributed by atoms with Gasteiger partial charge in [0.25, 0.3) is 0 Å². The van der Waals surface area contributed by atoms with Gasteiger partial charge >= 0.3 is 0 Å². The summed E-state index contributed by atoms with van der Waals surface area (Å²) in [5.41, 5.74) is 2.17. The Morgan fingerprint density at radius 3 is 2.93 bits per heavy atom. The Kier molecular flexibility index (Phi) is 3.76. The van der Waals surface area contributed by atoms with E-state index in [-0.39, 0.29) is 18.7 Å². The first-order chi connectivity index (χ1) is 17.9. The number of nitrogens with zero attached hydrogens (tertiary/aromatic N) is 2. The van der Waals surface area contributed by atoms with Gasteiger partial charge in [-0.25, -0.2) is 0 Å². The van der Waals surface area contributed by atoms with Crippen LogP contribution < -0.4 is 15.0 Å². The first-order valence-corrected chi connectivity index (χ1v) is 11.0. The van der Waals surface area contributed by atoms with Crippen molar-refractivity contribution in [3.63, 3.8) is 0 Å². The molecule has 1 aromatic heterocycles. The zero-order chi connectivity index (χ0) is 27.3. The van der Waals surface area contributed by atoms with Crippen LogP contribution in [0.5, 0.6) is 5.75 Å². The number of thiophene rings is 1. The summed E-state index contributed by atoms with van der Waals surface area (Å²) in [6, 6.07) is 12.4. The van der Waals surface area contributed by atoms with Crippen LogP contribution in [0.15, 0.2) is 53.9 Å². The molecular weight excluding hydrogens is 390 g/mol. The van der Waals surface area contributed by atoms with Crippen molar-refractivity contribution >= 4 is 38.9 Å². The van der Waals surface area contributed by atoms with E-state index >= 15 is 0 Å². The van der Waals surface area contributed by atoms with Crippen molar-refractivity contribution in [1.82, 2.24) is 4.90 Å². The third-order valence-electron chi connectivity index (χ3n) is 5.08. The zero-order valence-electron chi connectivity index (χ0n) is 24.5. The summed E-state index contributed by atoms with van der Waals surface area (Å²) in [5, 5.41) is 5.62. The van der Waals surface area contributed by atoms with Crippen LogP contribution in [0.3, 0.4) is 0 Å². The molecule has 30 heavy (non-hydrogen) atoms. The maximum atomic E-state index is 8.76. The highest BCUT2D eigenvalue weighted by Gasteiger charge is 2.18. The number of fused-ring (bicyclic) bond motifs is 2. The van der Waals surface area contributed by atoms with E-state index in [1.54, 1.807) is 17.5 Å². The van der Waals surface area contributed by atoms with E-state index in [4.69, 9.17) is 15.7 Å². The number of unbranched alkanes of at least 4 members (excludes halogenated alkanes) is 1. The molecule has 5 heteroatoms. The Morgan fingerprint density at radius 1 is 1.07 bits per heavy atom. The van der Waals surface area contributed by atoms with E-state index in [2.05, 4.69) is 5.32 Å². The van der Waals surface area contributed by atoms with Crippen LogP contribution in [0.25, 0.3) is 16.2 Å². The highest BCUT2D eigenvalue weighted by Crippen LogP contribution is 2.31. The predicted molar refractivity (Wildman–Crippen MR) is 129 cm³/mol. The van der Waals surface area contributed by atoms with Crippen molar-refractivity contribution < 1.29 is 15.7 Å². The number of hydrogen-bond donors (Lipinski definition) is 1. The normalized spacial score (nSPS) is 27.1. The fourth-order valence-electron chi connectivity index (χ4n) is 3.52. The van der Waals surface area contributed by atoms with Crippen molar-refractivity contribution in [3.05, 3.63) is 59.5 Å². The summed E-state index contributed by atoms with van der Waals surface area (Å²) < 4.78 is 76.4. The Morgan fingerprint density at radius 2 is 2.00 bits per heavy atom. The molecule has 3 heterocycles. The second-order valence-corrected chi connectivity index (χ2v) is 8.08. The van der Waals surface area contributed by atoms with Gasteiger partial charge in [0, 0.05) is 65.5 Å². The molecular formula is C25H29N3OS. The van der Waals surface area contributed by atoms with Crippen LogP contribution in [0.4, 0.5) is 11.4 Å². The third-order valence-corrected chi connectivity index (χ3v) is 5.97. The molecule has 2 aliphatic heterocycles. The van der Waals surface area contributed by atoms with Gasteiger partial charge in [-0.15, -0.1) is 11.3 Å². The van der Waals surface area contributed by atoms with Crippen molar-refractivity contribution in [1.29, 1.82) is 0 Å². The lowest BCUT2D eigenvalue weighted by atomic mass is 10.1. The Hall–Kier alpha value is -2.50. The largest absolute Gasteiger partial charge is 0.494 e. The molecule has 3 aromatic rings. The van der Waals surface area contributed by atoms with Gasteiger partial charge in [-0.2, -0.15) is 0 Å². The number of piperazine rings is 1. The number of rotatable bonds is 7. The molecule has 0 radical (unpaired) electrons. The Labute approximate surface area is 194 Å². The van der Waals surface area contributed by atoms with Gasteiger partial charge in [-0.05, 0) is 60.7 Å². The molecule has 1 saturated heterocycles. The van der Waals surface area contributed by atoms with Crippen molar-refractivity contribution in [2.75, 3.05) is 55.9 Å². The standard InChI is InChI=1S/C25H29N3OS/c1(2-17-29-21-9-8-20-5-4-11-26-23(20)19-21)12-27-13-15-28(16-14-27)24-6-3-7-25-22(24)10-18-30-25/h3-10,18-19,26H,1-2,11-17H2/i13D2,14D2,15D2,16D2. The lowest BCUT2D eigenvalue weighted by Gasteiger charge is -2.36. The highest BCUT2D eigenvalue weighted by molar-refractivity contribution is 7.17. The fourth-order valence-corrected chi connectivity index (χ4v) is 4.33. The highest BCUT2D eigenvalue weighted by atomic mass is 32.1. The summed E-state index contributed by atoms with van der Waals surface area (Å²) >= 11 is 1.40. The van der Waals surface area contributed by atoms with E-state index in [9.17, 15) is 0 Å². The number of nitrogens with one attached hydrogen (secondary N) is 1. The Bertz CT molecular complexity index is 1330. The average molecular weight is 428 g/mol. The second-order valence-electron chi connectivity index (χ2n) is 7.13. The number of hydrogen-bond acceptors (Lipinski definition) is 5. The minimum Gasteiger partial charge on any atom is -0.494 e. The first-order valence-electron chi connectivity index (χ1n) is 14.1. The zero-order valence-corrected chi connectivity index (χ0v) is 17.3. The molecule has 156 valence electrons. The third kappa shape index (κ3) is 4.32. The van der Waals surface area contributed by atoms with Gasteiger partial charge in [0.05, 0.1) is 12.1 Å².